The molecule has 0 amide bonds. The number of ether oxygens (including phenoxy) is 1. The lowest BCUT2D eigenvalue weighted by molar-refractivity contribution is 0.0870. The van der Waals surface area contributed by atoms with E-state index in [-0.39, 0.29) is 22.9 Å². The standard InChI is InChI=1S/C26H34N6O4S/c1-26(2,16-36-3)15-31-14-18-12-19(8-9-22(18)37(31,34)35)29-24-23-21(10-11-28-25(23)33)32(30-24)20-7-5-4-6-17(20)13-27/h8-12,17,20,34-35H,4-7,14-16H2,1-3H3,(H,28,33)(H,29,30)/t17-,20+/m1/s1. The van der Waals surface area contributed by atoms with Gasteiger partial charge < -0.3 is 15.0 Å². The van der Waals surface area contributed by atoms with E-state index in [1.54, 1.807) is 29.7 Å². The van der Waals surface area contributed by atoms with E-state index in [1.807, 2.05) is 30.7 Å². The Morgan fingerprint density at radius 3 is 2.84 bits per heavy atom. The number of pyridine rings is 1. The molecule has 198 valence electrons. The van der Waals surface area contributed by atoms with Crippen LogP contribution in [0.4, 0.5) is 11.5 Å². The molecule has 1 aliphatic carbocycles. The highest BCUT2D eigenvalue weighted by atomic mass is 32.3. The van der Waals surface area contributed by atoms with Gasteiger partial charge in [-0.3, -0.25) is 18.6 Å². The number of benzene rings is 1. The van der Waals surface area contributed by atoms with Crippen molar-refractivity contribution in [3.05, 3.63) is 46.4 Å². The average molecular weight is 527 g/mol. The highest BCUT2D eigenvalue weighted by molar-refractivity contribution is 8.22. The Bertz CT molecular complexity index is 1410. The summed E-state index contributed by atoms with van der Waals surface area (Å²) in [7, 11) is -1.46. The maximum atomic E-state index is 12.8. The molecular weight excluding hydrogens is 492 g/mol. The van der Waals surface area contributed by atoms with E-state index < -0.39 is 10.8 Å². The van der Waals surface area contributed by atoms with Gasteiger partial charge in [-0.25, -0.2) is 0 Å². The molecule has 1 aliphatic heterocycles. The van der Waals surface area contributed by atoms with E-state index in [0.717, 1.165) is 31.2 Å². The normalized spacial score (nSPS) is 22.5. The Labute approximate surface area is 217 Å². The molecule has 1 fully saturated rings. The van der Waals surface area contributed by atoms with E-state index in [2.05, 4.69) is 16.4 Å². The van der Waals surface area contributed by atoms with E-state index in [1.165, 1.54) is 0 Å². The molecule has 3 heterocycles. The molecular formula is C26H34N6O4S. The van der Waals surface area contributed by atoms with Crippen LogP contribution in [0, 0.1) is 22.7 Å². The highest BCUT2D eigenvalue weighted by Crippen LogP contribution is 2.59. The molecule has 0 unspecified atom stereocenters. The van der Waals surface area contributed by atoms with Gasteiger partial charge >= 0.3 is 0 Å². The molecule has 0 saturated heterocycles. The molecule has 5 rings (SSSR count). The monoisotopic (exact) mass is 526 g/mol. The Kier molecular flexibility index (Phi) is 6.81. The van der Waals surface area contributed by atoms with Crippen LogP contribution in [0.15, 0.2) is 40.2 Å². The van der Waals surface area contributed by atoms with Gasteiger partial charge in [-0.15, -0.1) is 10.8 Å². The van der Waals surface area contributed by atoms with Crippen molar-refractivity contribution in [3.63, 3.8) is 0 Å². The van der Waals surface area contributed by atoms with Gasteiger partial charge in [0.05, 0.1) is 35.0 Å². The predicted octanol–water partition coefficient (Wildman–Crippen LogP) is 5.24. The van der Waals surface area contributed by atoms with Crippen LogP contribution in [0.1, 0.15) is 51.1 Å². The SMILES string of the molecule is COCC(C)(C)CN1Cc2cc(Nc3nn([C@H]4CCCC[C@@H]4C#N)c4cc[nH]c(=O)c34)ccc2S1(O)O. The van der Waals surface area contributed by atoms with Crippen molar-refractivity contribution >= 4 is 33.2 Å². The van der Waals surface area contributed by atoms with Crippen molar-refractivity contribution in [2.45, 2.75) is 57.0 Å². The number of anilines is 2. The molecule has 1 aromatic carbocycles. The molecule has 0 spiro atoms. The van der Waals surface area contributed by atoms with E-state index in [9.17, 15) is 19.2 Å². The zero-order valence-corrected chi connectivity index (χ0v) is 22.2. The number of aromatic amines is 1. The summed E-state index contributed by atoms with van der Waals surface area (Å²) in [6.45, 7) is 5.42. The van der Waals surface area contributed by atoms with E-state index in [4.69, 9.17) is 9.84 Å². The average Bonchev–Trinajstić information content (AvgIpc) is 3.33. The van der Waals surface area contributed by atoms with Gasteiger partial charge in [-0.05, 0) is 42.7 Å². The molecule has 2 aromatic heterocycles. The maximum absolute atomic E-state index is 12.8. The van der Waals surface area contributed by atoms with Crippen molar-refractivity contribution in [3.8, 4) is 6.07 Å². The van der Waals surface area contributed by atoms with E-state index >= 15 is 0 Å². The summed E-state index contributed by atoms with van der Waals surface area (Å²) < 4.78 is 30.9. The van der Waals surface area contributed by atoms with Gasteiger partial charge in [-0.1, -0.05) is 26.7 Å². The van der Waals surface area contributed by atoms with Crippen LogP contribution >= 0.6 is 10.8 Å². The zero-order chi connectivity index (χ0) is 26.4. The van der Waals surface area contributed by atoms with Crippen LogP contribution in [0.2, 0.25) is 0 Å². The lowest BCUT2D eigenvalue weighted by Gasteiger charge is -2.41. The number of nitrogens with zero attached hydrogens (tertiary/aromatic N) is 4. The second kappa shape index (κ2) is 9.78. The fourth-order valence-electron chi connectivity index (χ4n) is 5.66. The number of fused-ring (bicyclic) bond motifs is 2. The zero-order valence-electron chi connectivity index (χ0n) is 21.4. The number of aromatic nitrogens is 3. The number of methoxy groups -OCH3 is 1. The smallest absolute Gasteiger partial charge is 0.261 e. The summed E-state index contributed by atoms with van der Waals surface area (Å²) in [4.78, 5) is 16.1. The lowest BCUT2D eigenvalue weighted by atomic mass is 9.85. The topological polar surface area (TPSA) is 139 Å². The first-order chi connectivity index (χ1) is 17.6. The summed E-state index contributed by atoms with van der Waals surface area (Å²) in [6.07, 6.45) is 5.31. The van der Waals surface area contributed by atoms with Crippen LogP contribution in [-0.2, 0) is 11.3 Å². The molecule has 11 heteroatoms. The maximum Gasteiger partial charge on any atom is 0.261 e. The van der Waals surface area contributed by atoms with Gasteiger partial charge in [0.2, 0.25) is 0 Å². The van der Waals surface area contributed by atoms with Crippen molar-refractivity contribution in [2.75, 3.05) is 25.6 Å². The van der Waals surface area contributed by atoms with Crippen LogP contribution < -0.4 is 10.9 Å². The molecule has 4 N–H and O–H groups in total. The molecule has 37 heavy (non-hydrogen) atoms. The second-order valence-corrected chi connectivity index (χ2v) is 12.8. The Morgan fingerprint density at radius 2 is 2.08 bits per heavy atom. The summed E-state index contributed by atoms with van der Waals surface area (Å²) in [5.41, 5.74) is 1.70. The van der Waals surface area contributed by atoms with Crippen LogP contribution in [0.25, 0.3) is 10.9 Å². The molecule has 0 bridgehead atoms. The van der Waals surface area contributed by atoms with Crippen molar-refractivity contribution < 1.29 is 13.8 Å². The minimum absolute atomic E-state index is 0.0874. The third kappa shape index (κ3) is 4.76. The Hall–Kier alpha value is -2.88. The van der Waals surface area contributed by atoms with Gasteiger partial charge in [-0.2, -0.15) is 14.7 Å². The van der Waals surface area contributed by atoms with Crippen LogP contribution in [0.3, 0.4) is 0 Å². The van der Waals surface area contributed by atoms with Gasteiger partial charge in [0.1, 0.15) is 5.39 Å². The van der Waals surface area contributed by atoms with Gasteiger partial charge in [0.15, 0.2) is 5.82 Å². The van der Waals surface area contributed by atoms with Crippen molar-refractivity contribution in [1.29, 1.82) is 5.26 Å². The summed E-state index contributed by atoms with van der Waals surface area (Å²) >= 11 is 0. The first kappa shape index (κ1) is 25.8. The number of H-pyrrole nitrogens is 1. The molecule has 2 atom stereocenters. The molecule has 1 saturated carbocycles. The van der Waals surface area contributed by atoms with Crippen molar-refractivity contribution in [1.82, 2.24) is 19.1 Å². The molecule has 0 radical (unpaired) electrons. The van der Waals surface area contributed by atoms with Crippen molar-refractivity contribution in [2.24, 2.45) is 11.3 Å². The molecule has 2 aliphatic rings. The fourth-order valence-corrected chi connectivity index (χ4v) is 7.51. The highest BCUT2D eigenvalue weighted by Gasteiger charge is 2.38. The Morgan fingerprint density at radius 1 is 1.30 bits per heavy atom. The summed E-state index contributed by atoms with van der Waals surface area (Å²) in [6, 6.07) is 9.56. The number of hydrogen-bond acceptors (Lipinski definition) is 8. The van der Waals surface area contributed by atoms with Gasteiger partial charge in [0, 0.05) is 37.5 Å². The van der Waals surface area contributed by atoms with E-state index in [0.29, 0.717) is 47.0 Å². The third-order valence-corrected chi connectivity index (χ3v) is 9.27. The number of rotatable bonds is 7. The molecule has 3 aromatic rings. The number of nitrogens with one attached hydrogen (secondary N) is 2. The molecule has 10 nitrogen and oxygen atoms in total. The fraction of sp³-hybridized carbons (Fsp3) is 0.500. The van der Waals surface area contributed by atoms with Gasteiger partial charge in [0.25, 0.3) is 5.56 Å². The second-order valence-electron chi connectivity index (χ2n) is 10.8. The summed E-state index contributed by atoms with van der Waals surface area (Å²) in [5, 5.41) is 18.2. The lowest BCUT2D eigenvalue weighted by Crippen LogP contribution is -2.35. The Balaban J connectivity index is 1.47. The number of nitriles is 1. The largest absolute Gasteiger partial charge is 0.384 e. The third-order valence-electron chi connectivity index (χ3n) is 7.30. The van der Waals surface area contributed by atoms with Crippen LogP contribution in [-0.4, -0.2) is 48.4 Å². The first-order valence-corrected chi connectivity index (χ1v) is 14.1. The summed E-state index contributed by atoms with van der Waals surface area (Å²) in [5.74, 6) is 0.268. The minimum Gasteiger partial charge on any atom is -0.384 e. The predicted molar refractivity (Wildman–Crippen MR) is 144 cm³/mol. The quantitative estimate of drug-likeness (QED) is 0.328. The minimum atomic E-state index is -3.10. The van der Waals surface area contributed by atoms with Crippen LogP contribution in [0.5, 0.6) is 0 Å². The number of hydrogen-bond donors (Lipinski definition) is 4. The first-order valence-electron chi connectivity index (χ1n) is 12.6.